The summed E-state index contributed by atoms with van der Waals surface area (Å²) < 4.78 is 0. The second-order valence-electron chi connectivity index (χ2n) is 5.93. The lowest BCUT2D eigenvalue weighted by molar-refractivity contribution is -0.384. The summed E-state index contributed by atoms with van der Waals surface area (Å²) in [6.45, 7) is 1.84. The van der Waals surface area contributed by atoms with Crippen LogP contribution in [-0.2, 0) is 0 Å². The van der Waals surface area contributed by atoms with Crippen LogP contribution in [0.3, 0.4) is 0 Å². The Morgan fingerprint density at radius 1 is 1.26 bits per heavy atom. The molecule has 9 heteroatoms. The third-order valence-electron chi connectivity index (χ3n) is 4.10. The van der Waals surface area contributed by atoms with E-state index in [1.165, 1.54) is 23.5 Å². The van der Waals surface area contributed by atoms with E-state index >= 15 is 0 Å². The molecule has 0 amide bonds. The van der Waals surface area contributed by atoms with Crippen molar-refractivity contribution in [1.29, 1.82) is 0 Å². The van der Waals surface area contributed by atoms with Gasteiger partial charge in [-0.25, -0.2) is 4.98 Å². The molecule has 0 saturated heterocycles. The van der Waals surface area contributed by atoms with Gasteiger partial charge in [-0.15, -0.1) is 22.7 Å². The average molecular weight is 398 g/mol. The molecule has 0 bridgehead atoms. The van der Waals surface area contributed by atoms with Crippen molar-refractivity contribution in [2.75, 3.05) is 5.32 Å². The van der Waals surface area contributed by atoms with Gasteiger partial charge in [-0.2, -0.15) is 0 Å². The summed E-state index contributed by atoms with van der Waals surface area (Å²) in [5, 5.41) is 18.6. The molecule has 0 radical (unpaired) electrons. The van der Waals surface area contributed by atoms with Crippen LogP contribution in [0.5, 0.6) is 0 Å². The number of aromatic nitrogens is 2. The van der Waals surface area contributed by atoms with Crippen LogP contribution in [-0.4, -0.2) is 14.9 Å². The van der Waals surface area contributed by atoms with Gasteiger partial charge in [0.15, 0.2) is 0 Å². The lowest BCUT2D eigenvalue weighted by atomic mass is 10.2. The number of nitrogens with zero attached hydrogens (tertiary/aromatic N) is 2. The van der Waals surface area contributed by atoms with Gasteiger partial charge in [0.1, 0.15) is 10.7 Å². The number of nitro groups is 1. The van der Waals surface area contributed by atoms with E-state index in [0.717, 1.165) is 10.4 Å². The van der Waals surface area contributed by atoms with Crippen LogP contribution in [0.2, 0.25) is 0 Å². The first-order valence-corrected chi connectivity index (χ1v) is 9.85. The van der Waals surface area contributed by atoms with Crippen LogP contribution >= 0.6 is 22.7 Å². The summed E-state index contributed by atoms with van der Waals surface area (Å²) in [5.41, 5.74) is 1.30. The second-order valence-corrected chi connectivity index (χ2v) is 7.74. The number of fused-ring (bicyclic) bond motifs is 1. The Hall–Kier alpha value is -3.04. The fourth-order valence-corrected chi connectivity index (χ4v) is 4.58. The predicted octanol–water partition coefficient (Wildman–Crippen LogP) is 4.79. The van der Waals surface area contributed by atoms with Gasteiger partial charge in [0.2, 0.25) is 0 Å². The monoisotopic (exact) mass is 398 g/mol. The van der Waals surface area contributed by atoms with Gasteiger partial charge in [-0.1, -0.05) is 12.1 Å². The molecule has 4 rings (SSSR count). The third kappa shape index (κ3) is 3.34. The van der Waals surface area contributed by atoms with Crippen molar-refractivity contribution in [2.24, 2.45) is 0 Å². The molecule has 1 atom stereocenters. The fourth-order valence-electron chi connectivity index (χ4n) is 2.81. The molecule has 27 heavy (non-hydrogen) atoms. The first kappa shape index (κ1) is 17.4. The first-order valence-electron chi connectivity index (χ1n) is 8.09. The van der Waals surface area contributed by atoms with Crippen LogP contribution in [0, 0.1) is 10.1 Å². The van der Waals surface area contributed by atoms with E-state index in [4.69, 9.17) is 0 Å². The quantitative estimate of drug-likeness (QED) is 0.372. The molecular formula is C18H14N4O3S2. The highest BCUT2D eigenvalue weighted by molar-refractivity contribution is 7.18. The number of thiophene rings is 2. The zero-order chi connectivity index (χ0) is 19.0. The van der Waals surface area contributed by atoms with E-state index < -0.39 is 4.92 Å². The number of non-ortho nitro benzene ring substituents is 1. The maximum absolute atomic E-state index is 12.7. The largest absolute Gasteiger partial charge is 0.375 e. The van der Waals surface area contributed by atoms with Crippen LogP contribution in [0.25, 0.3) is 20.7 Å². The standard InChI is InChI=1S/C18H14N4O3S2/c1-10(19-11-4-2-5-12(8-11)22(24)25)16-20-17(23)15-13(9-27-18(15)21-16)14-6-3-7-26-14/h2-10,19H,1H3,(H,20,21,23)/t10-/m0/s1. The van der Waals surface area contributed by atoms with Crippen LogP contribution in [0.15, 0.2) is 52.0 Å². The number of benzene rings is 1. The summed E-state index contributed by atoms with van der Waals surface area (Å²) in [5.74, 6) is 0.485. The predicted molar refractivity (Wildman–Crippen MR) is 109 cm³/mol. The SMILES string of the molecule is C[C@H](Nc1cccc([N+](=O)[O-])c1)c1nc2scc(-c3cccs3)c2c(=O)[nH]1. The van der Waals surface area contributed by atoms with Crippen molar-refractivity contribution in [3.8, 4) is 10.4 Å². The van der Waals surface area contributed by atoms with Gasteiger partial charge in [0, 0.05) is 33.6 Å². The third-order valence-corrected chi connectivity index (χ3v) is 5.87. The van der Waals surface area contributed by atoms with Crippen LogP contribution in [0.4, 0.5) is 11.4 Å². The molecule has 3 heterocycles. The Bertz CT molecular complexity index is 1180. The van der Waals surface area contributed by atoms with Crippen molar-refractivity contribution < 1.29 is 4.92 Å². The molecule has 3 aromatic heterocycles. The average Bonchev–Trinajstić information content (AvgIpc) is 3.31. The van der Waals surface area contributed by atoms with Crippen LogP contribution in [0.1, 0.15) is 18.8 Å². The topological polar surface area (TPSA) is 101 Å². The molecule has 0 fully saturated rings. The van der Waals surface area contributed by atoms with Gasteiger partial charge in [-0.05, 0) is 24.4 Å². The van der Waals surface area contributed by atoms with Gasteiger partial charge in [0.25, 0.3) is 11.2 Å². The minimum Gasteiger partial charge on any atom is -0.375 e. The number of aromatic amines is 1. The highest BCUT2D eigenvalue weighted by Crippen LogP contribution is 2.34. The molecule has 0 aliphatic carbocycles. The molecule has 136 valence electrons. The van der Waals surface area contributed by atoms with Gasteiger partial charge >= 0.3 is 0 Å². The highest BCUT2D eigenvalue weighted by Gasteiger charge is 2.17. The van der Waals surface area contributed by atoms with Crippen molar-refractivity contribution in [3.63, 3.8) is 0 Å². The van der Waals surface area contributed by atoms with E-state index in [-0.39, 0.29) is 17.3 Å². The molecule has 0 spiro atoms. The summed E-state index contributed by atoms with van der Waals surface area (Å²) in [6, 6.07) is 9.83. The first-order chi connectivity index (χ1) is 13.0. The van der Waals surface area contributed by atoms with E-state index in [1.807, 2.05) is 29.8 Å². The normalized spacial score (nSPS) is 12.2. The van der Waals surface area contributed by atoms with Crippen molar-refractivity contribution in [1.82, 2.24) is 9.97 Å². The molecule has 0 aliphatic heterocycles. The van der Waals surface area contributed by atoms with E-state index in [9.17, 15) is 14.9 Å². The maximum atomic E-state index is 12.7. The Morgan fingerprint density at radius 2 is 2.11 bits per heavy atom. The number of hydrogen-bond donors (Lipinski definition) is 2. The van der Waals surface area contributed by atoms with E-state index in [2.05, 4.69) is 15.3 Å². The van der Waals surface area contributed by atoms with Gasteiger partial charge in [-0.3, -0.25) is 14.9 Å². The van der Waals surface area contributed by atoms with Crippen molar-refractivity contribution >= 4 is 44.3 Å². The summed E-state index contributed by atoms with van der Waals surface area (Å²) in [7, 11) is 0. The molecular weight excluding hydrogens is 384 g/mol. The fraction of sp³-hybridized carbons (Fsp3) is 0.111. The van der Waals surface area contributed by atoms with Gasteiger partial charge < -0.3 is 10.3 Å². The van der Waals surface area contributed by atoms with E-state index in [1.54, 1.807) is 23.5 Å². The van der Waals surface area contributed by atoms with Gasteiger partial charge in [0.05, 0.1) is 16.4 Å². The summed E-state index contributed by atoms with van der Waals surface area (Å²) in [6.07, 6.45) is 0. The zero-order valence-corrected chi connectivity index (χ0v) is 15.8. The zero-order valence-electron chi connectivity index (χ0n) is 14.1. The Morgan fingerprint density at radius 3 is 2.85 bits per heavy atom. The highest BCUT2D eigenvalue weighted by atomic mass is 32.1. The number of anilines is 1. The smallest absolute Gasteiger partial charge is 0.271 e. The minimum atomic E-state index is -0.445. The number of hydrogen-bond acceptors (Lipinski definition) is 7. The molecule has 7 nitrogen and oxygen atoms in total. The second kappa shape index (κ2) is 6.93. The molecule has 0 aliphatic rings. The summed E-state index contributed by atoms with van der Waals surface area (Å²) in [4.78, 5) is 32.3. The molecule has 4 aromatic rings. The lowest BCUT2D eigenvalue weighted by Gasteiger charge is -2.14. The Balaban J connectivity index is 1.67. The molecule has 1 aromatic carbocycles. The van der Waals surface area contributed by atoms with Crippen molar-refractivity contribution in [3.05, 3.63) is 73.5 Å². The summed E-state index contributed by atoms with van der Waals surface area (Å²) >= 11 is 3.01. The number of rotatable bonds is 5. The Kier molecular flexibility index (Phi) is 4.46. The number of nitro benzene ring substituents is 1. The van der Waals surface area contributed by atoms with Crippen LogP contribution < -0.4 is 10.9 Å². The minimum absolute atomic E-state index is 0.00273. The van der Waals surface area contributed by atoms with E-state index in [0.29, 0.717) is 21.7 Å². The molecule has 0 saturated carbocycles. The maximum Gasteiger partial charge on any atom is 0.271 e. The Labute approximate surface area is 161 Å². The lowest BCUT2D eigenvalue weighted by Crippen LogP contribution is -2.17. The molecule has 2 N–H and O–H groups in total. The number of nitrogens with one attached hydrogen (secondary N) is 2. The molecule has 0 unspecified atom stereocenters. The van der Waals surface area contributed by atoms with Crippen molar-refractivity contribution in [2.45, 2.75) is 13.0 Å². The number of H-pyrrole nitrogens is 1.